The summed E-state index contributed by atoms with van der Waals surface area (Å²) in [6, 6.07) is 0. The number of esters is 3. The van der Waals surface area contributed by atoms with Crippen molar-refractivity contribution in [2.45, 2.75) is 27.7 Å². The molecule has 0 saturated heterocycles. The van der Waals surface area contributed by atoms with Crippen LogP contribution in [0.4, 0.5) is 0 Å². The molecule has 0 aliphatic heterocycles. The van der Waals surface area contributed by atoms with Crippen LogP contribution in [0.3, 0.4) is 0 Å². The minimum absolute atomic E-state index is 0.0141. The predicted molar refractivity (Wildman–Crippen MR) is 108 cm³/mol. The van der Waals surface area contributed by atoms with Crippen molar-refractivity contribution in [2.24, 2.45) is 0 Å². The van der Waals surface area contributed by atoms with E-state index in [0.717, 1.165) is 0 Å². The van der Waals surface area contributed by atoms with Gasteiger partial charge in [-0.05, 0) is 59.6 Å². The summed E-state index contributed by atoms with van der Waals surface area (Å²) in [5, 5.41) is 0. The third kappa shape index (κ3) is 5.40. The molecule has 6 nitrogen and oxygen atoms in total. The number of carbonyl (C=O) groups excluding carboxylic acids is 3. The lowest BCUT2D eigenvalue weighted by Gasteiger charge is -2.19. The van der Waals surface area contributed by atoms with Gasteiger partial charge in [-0.2, -0.15) is 0 Å². The van der Waals surface area contributed by atoms with Gasteiger partial charge in [-0.3, -0.25) is 0 Å². The van der Waals surface area contributed by atoms with Gasteiger partial charge in [0.2, 0.25) is 0 Å². The lowest BCUT2D eigenvalue weighted by atomic mass is 10.1. The largest absolute Gasteiger partial charge is 0.421 e. The first-order valence-electron chi connectivity index (χ1n) is 7.53. The Morgan fingerprint density at radius 2 is 0.926 bits per heavy atom. The molecule has 27 heavy (non-hydrogen) atoms. The van der Waals surface area contributed by atoms with E-state index in [4.69, 9.17) is 14.2 Å². The molecule has 8 heteroatoms. The molecule has 0 atom stereocenters. The number of ether oxygens (including phenoxy) is 3. The van der Waals surface area contributed by atoms with Gasteiger partial charge in [0.05, 0.1) is 0 Å². The Bertz CT molecular complexity index is 747. The van der Waals surface area contributed by atoms with Gasteiger partial charge in [0.15, 0.2) is 17.2 Å². The van der Waals surface area contributed by atoms with Crippen molar-refractivity contribution >= 4 is 49.8 Å². The summed E-state index contributed by atoms with van der Waals surface area (Å²) in [5.74, 6) is -2.12. The van der Waals surface area contributed by atoms with Crippen molar-refractivity contribution in [3.8, 4) is 17.2 Å². The first-order valence-corrected chi connectivity index (χ1v) is 9.11. The van der Waals surface area contributed by atoms with E-state index >= 15 is 0 Å². The fourth-order valence-electron chi connectivity index (χ4n) is 1.61. The van der Waals surface area contributed by atoms with E-state index in [1.165, 1.54) is 20.8 Å². The zero-order chi connectivity index (χ0) is 21.0. The fourth-order valence-corrected chi connectivity index (χ4v) is 3.19. The Morgan fingerprint density at radius 3 is 1.19 bits per heavy atom. The van der Waals surface area contributed by atoms with Gasteiger partial charge < -0.3 is 14.2 Å². The molecule has 1 aromatic carbocycles. The molecule has 0 unspecified atom stereocenters. The monoisotopic (exact) mass is 500 g/mol. The molecule has 0 aliphatic carbocycles. The molecule has 0 heterocycles. The van der Waals surface area contributed by atoms with Crippen LogP contribution in [0.1, 0.15) is 26.3 Å². The molecule has 0 spiro atoms. The first-order chi connectivity index (χ1) is 12.4. The molecule has 0 saturated carbocycles. The lowest BCUT2D eigenvalue weighted by molar-refractivity contribution is -0.130. The van der Waals surface area contributed by atoms with Crippen molar-refractivity contribution in [1.29, 1.82) is 0 Å². The Kier molecular flexibility index (Phi) is 7.74. The van der Waals surface area contributed by atoms with Gasteiger partial charge in [-0.1, -0.05) is 19.7 Å². The van der Waals surface area contributed by atoms with Crippen molar-refractivity contribution < 1.29 is 28.6 Å². The quantitative estimate of drug-likeness (QED) is 0.311. The Morgan fingerprint density at radius 1 is 0.667 bits per heavy atom. The molecular weight excluding hydrogens is 484 g/mol. The Balaban J connectivity index is 3.66. The Labute approximate surface area is 174 Å². The molecule has 0 bridgehead atoms. The van der Waals surface area contributed by atoms with Gasteiger partial charge in [0.25, 0.3) is 0 Å². The number of hydrogen-bond donors (Lipinski definition) is 0. The fraction of sp³-hybridized carbons (Fsp3) is 0.211. The smallest absolute Gasteiger partial charge is 0.338 e. The number of carbonyl (C=O) groups is 3. The van der Waals surface area contributed by atoms with E-state index < -0.39 is 17.9 Å². The van der Waals surface area contributed by atoms with E-state index in [0.29, 0.717) is 5.56 Å². The molecule has 1 rings (SSSR count). The van der Waals surface area contributed by atoms with Crippen LogP contribution in [0.25, 0.3) is 0 Å². The van der Waals surface area contributed by atoms with E-state index in [2.05, 4.69) is 51.6 Å². The number of hydrogen-bond acceptors (Lipinski definition) is 6. The summed E-state index contributed by atoms with van der Waals surface area (Å²) in [6.07, 6.45) is 0. The Hall–Kier alpha value is -2.19. The molecule has 1 aromatic rings. The highest BCUT2D eigenvalue weighted by molar-refractivity contribution is 9.11. The van der Waals surface area contributed by atoms with Gasteiger partial charge in [-0.25, -0.2) is 14.4 Å². The zero-order valence-electron chi connectivity index (χ0n) is 15.3. The zero-order valence-corrected chi connectivity index (χ0v) is 18.5. The van der Waals surface area contributed by atoms with E-state index in [9.17, 15) is 14.4 Å². The predicted octanol–water partition coefficient (Wildman–Crippen LogP) is 4.96. The topological polar surface area (TPSA) is 78.9 Å². The summed E-state index contributed by atoms with van der Waals surface area (Å²) in [6.45, 7) is 16.6. The maximum absolute atomic E-state index is 12.0. The van der Waals surface area contributed by atoms with Crippen LogP contribution in [-0.2, 0) is 14.4 Å². The van der Waals surface area contributed by atoms with Crippen LogP contribution in [0, 0.1) is 6.92 Å². The normalized spacial score (nSPS) is 10.0. The van der Waals surface area contributed by atoms with Crippen LogP contribution in [0.2, 0.25) is 0 Å². The van der Waals surface area contributed by atoms with Gasteiger partial charge in [0, 0.05) is 22.3 Å². The van der Waals surface area contributed by atoms with Gasteiger partial charge in [0.1, 0.15) is 8.95 Å². The SMILES string of the molecule is C=C(C)C(=O)Oc1c(C)c(OC(=O)C(=C)C)c(Br)c(OC(=O)C(=C)C)c1Br. The van der Waals surface area contributed by atoms with Crippen molar-refractivity contribution in [1.82, 2.24) is 0 Å². The minimum atomic E-state index is -0.713. The number of rotatable bonds is 6. The second kappa shape index (κ2) is 9.14. The van der Waals surface area contributed by atoms with Crippen molar-refractivity contribution in [3.05, 3.63) is 51.0 Å². The molecule has 0 radical (unpaired) electrons. The average molecular weight is 502 g/mol. The summed E-state index contributed by atoms with van der Waals surface area (Å²) in [4.78, 5) is 36.0. The molecule has 0 N–H and O–H groups in total. The third-order valence-electron chi connectivity index (χ3n) is 3.11. The van der Waals surface area contributed by atoms with Crippen LogP contribution < -0.4 is 14.2 Å². The maximum Gasteiger partial charge on any atom is 0.338 e. The minimum Gasteiger partial charge on any atom is -0.421 e. The number of halogens is 2. The van der Waals surface area contributed by atoms with Crippen LogP contribution in [-0.4, -0.2) is 17.9 Å². The summed E-state index contributed by atoms with van der Waals surface area (Å²) in [5.41, 5.74) is 0.777. The maximum atomic E-state index is 12.0. The van der Waals surface area contributed by atoms with Crippen molar-refractivity contribution in [2.75, 3.05) is 0 Å². The molecule has 144 valence electrons. The lowest BCUT2D eigenvalue weighted by Crippen LogP contribution is -2.15. The average Bonchev–Trinajstić information content (AvgIpc) is 2.58. The summed E-state index contributed by atoms with van der Waals surface area (Å²) in [7, 11) is 0. The molecule has 0 fully saturated rings. The van der Waals surface area contributed by atoms with Gasteiger partial charge in [-0.15, -0.1) is 0 Å². The first kappa shape index (κ1) is 22.9. The van der Waals surface area contributed by atoms with Crippen LogP contribution in [0.15, 0.2) is 45.4 Å². The van der Waals surface area contributed by atoms with Crippen LogP contribution >= 0.6 is 31.9 Å². The highest BCUT2D eigenvalue weighted by atomic mass is 79.9. The van der Waals surface area contributed by atoms with E-state index in [1.807, 2.05) is 0 Å². The summed E-state index contributed by atoms with van der Waals surface area (Å²) >= 11 is 6.53. The standard InChI is InChI=1S/C19H18Br2O6/c1-8(2)17(22)25-14-11(7)15(26-18(23)9(3)4)13(21)16(12(14)20)27-19(24)10(5)6/h1,3,5H2,2,4,6-7H3. The second-order valence-electron chi connectivity index (χ2n) is 5.75. The highest BCUT2D eigenvalue weighted by Crippen LogP contribution is 2.49. The second-order valence-corrected chi connectivity index (χ2v) is 7.34. The van der Waals surface area contributed by atoms with E-state index in [-0.39, 0.29) is 42.9 Å². The van der Waals surface area contributed by atoms with Crippen molar-refractivity contribution in [3.63, 3.8) is 0 Å². The molecule has 0 aliphatic rings. The molecule has 0 aromatic heterocycles. The molecule has 0 amide bonds. The number of benzene rings is 1. The van der Waals surface area contributed by atoms with Gasteiger partial charge >= 0.3 is 17.9 Å². The third-order valence-corrected chi connectivity index (χ3v) is 4.55. The van der Waals surface area contributed by atoms with E-state index in [1.54, 1.807) is 6.92 Å². The molecular formula is C19H18Br2O6. The summed E-state index contributed by atoms with van der Waals surface area (Å²) < 4.78 is 16.3. The van der Waals surface area contributed by atoms with Crippen LogP contribution in [0.5, 0.6) is 17.2 Å². The highest BCUT2D eigenvalue weighted by Gasteiger charge is 2.27.